The fourth-order valence-corrected chi connectivity index (χ4v) is 3.04. The van der Waals surface area contributed by atoms with E-state index in [1.807, 2.05) is 0 Å². The van der Waals surface area contributed by atoms with E-state index in [0.29, 0.717) is 18.7 Å². The van der Waals surface area contributed by atoms with Crippen molar-refractivity contribution in [2.75, 3.05) is 18.5 Å². The third-order valence-corrected chi connectivity index (χ3v) is 4.63. The van der Waals surface area contributed by atoms with Gasteiger partial charge in [0.25, 0.3) is 5.91 Å². The highest BCUT2D eigenvalue weighted by Gasteiger charge is 2.39. The van der Waals surface area contributed by atoms with Crippen LogP contribution in [0.4, 0.5) is 24.7 Å². The first-order valence-corrected chi connectivity index (χ1v) is 8.68. The van der Waals surface area contributed by atoms with E-state index in [9.17, 15) is 28.3 Å². The maximum absolute atomic E-state index is 12.6. The Morgan fingerprint density at radius 3 is 2.69 bits per heavy atom. The Kier molecular flexibility index (Phi) is 5.76. The zero-order valence-corrected chi connectivity index (χ0v) is 15.1. The molecule has 154 valence electrons. The molecule has 0 bridgehead atoms. The number of carbonyl (C=O) groups is 1. The molecule has 8 nitrogen and oxygen atoms in total. The first-order chi connectivity index (χ1) is 13.7. The number of rotatable bonds is 5. The lowest BCUT2D eigenvalue weighted by Gasteiger charge is -2.26. The lowest BCUT2D eigenvalue weighted by molar-refractivity contribution is -0.206. The number of aliphatic hydroxyl groups is 1. The van der Waals surface area contributed by atoms with Gasteiger partial charge in [-0.15, -0.1) is 0 Å². The molecule has 3 rings (SSSR count). The van der Waals surface area contributed by atoms with Crippen LogP contribution < -0.4 is 11.1 Å². The molecule has 29 heavy (non-hydrogen) atoms. The maximum atomic E-state index is 12.6. The number of amides is 1. The summed E-state index contributed by atoms with van der Waals surface area (Å²) in [4.78, 5) is 11.8. The predicted molar refractivity (Wildman–Crippen MR) is 95.1 cm³/mol. The van der Waals surface area contributed by atoms with E-state index >= 15 is 0 Å². The highest BCUT2D eigenvalue weighted by molar-refractivity contribution is 5.98. The molecule has 0 radical (unpaired) electrons. The average Bonchev–Trinajstić information content (AvgIpc) is 3.11. The zero-order chi connectivity index (χ0) is 21.2. The van der Waals surface area contributed by atoms with Gasteiger partial charge in [0.15, 0.2) is 11.9 Å². The van der Waals surface area contributed by atoms with Gasteiger partial charge in [0, 0.05) is 18.5 Å². The molecule has 1 aliphatic rings. The highest BCUT2D eigenvalue weighted by atomic mass is 19.4. The summed E-state index contributed by atoms with van der Waals surface area (Å²) in [5.74, 6) is -1.00. The number of hydrogen-bond acceptors (Lipinski definition) is 6. The number of nitriles is 1. The maximum Gasteiger partial charge on any atom is 0.418 e. The molecule has 1 aromatic carbocycles. The summed E-state index contributed by atoms with van der Waals surface area (Å²) in [6.07, 6.45) is -5.42. The van der Waals surface area contributed by atoms with Crippen LogP contribution in [0.5, 0.6) is 0 Å². The normalized spacial score (nSPS) is 20.7. The van der Waals surface area contributed by atoms with E-state index in [-0.39, 0.29) is 29.5 Å². The molecule has 4 N–H and O–H groups in total. The van der Waals surface area contributed by atoms with E-state index in [1.54, 1.807) is 0 Å². The molecule has 1 saturated heterocycles. The summed E-state index contributed by atoms with van der Waals surface area (Å²) in [6, 6.07) is 6.66. The predicted octanol–water partition coefficient (Wildman–Crippen LogP) is 2.42. The van der Waals surface area contributed by atoms with Gasteiger partial charge < -0.3 is 20.9 Å². The number of carbonyl (C=O) groups excluding carboxylic acids is 1. The number of benzene rings is 1. The van der Waals surface area contributed by atoms with E-state index in [2.05, 4.69) is 16.5 Å². The molecule has 1 fully saturated rings. The molecule has 0 saturated carbocycles. The van der Waals surface area contributed by atoms with Gasteiger partial charge in [0.05, 0.1) is 24.6 Å². The van der Waals surface area contributed by atoms with Gasteiger partial charge in [-0.2, -0.15) is 23.5 Å². The van der Waals surface area contributed by atoms with Crippen LogP contribution >= 0.6 is 0 Å². The summed E-state index contributed by atoms with van der Waals surface area (Å²) in [5.41, 5.74) is 5.49. The van der Waals surface area contributed by atoms with Crippen molar-refractivity contribution in [3.8, 4) is 6.07 Å². The average molecular weight is 409 g/mol. The molecule has 1 aromatic heterocycles. The monoisotopic (exact) mass is 409 g/mol. The summed E-state index contributed by atoms with van der Waals surface area (Å²) < 4.78 is 44.6. The number of hydrogen-bond donors (Lipinski definition) is 3. The topological polar surface area (TPSA) is 126 Å². The smallest absolute Gasteiger partial charge is 0.379 e. The van der Waals surface area contributed by atoms with Crippen molar-refractivity contribution in [3.63, 3.8) is 0 Å². The van der Waals surface area contributed by atoms with Crippen molar-refractivity contribution in [2.45, 2.75) is 24.7 Å². The molecular weight excluding hydrogens is 391 g/mol. The van der Waals surface area contributed by atoms with Crippen LogP contribution in [0.25, 0.3) is 0 Å². The number of primary amides is 1. The first-order valence-electron chi connectivity index (χ1n) is 8.68. The minimum atomic E-state index is -4.77. The minimum Gasteiger partial charge on any atom is -0.379 e. The van der Waals surface area contributed by atoms with Gasteiger partial charge in [0.1, 0.15) is 5.56 Å². The number of aliphatic hydroxyl groups excluding tert-OH is 1. The lowest BCUT2D eigenvalue weighted by Crippen LogP contribution is -2.29. The second-order valence-corrected chi connectivity index (χ2v) is 6.59. The molecule has 0 unspecified atom stereocenters. The Balaban J connectivity index is 1.84. The number of anilines is 2. The quantitative estimate of drug-likeness (QED) is 0.696. The van der Waals surface area contributed by atoms with Gasteiger partial charge in [-0.3, -0.25) is 9.48 Å². The van der Waals surface area contributed by atoms with Crippen molar-refractivity contribution < 1.29 is 27.8 Å². The van der Waals surface area contributed by atoms with Crippen LogP contribution in [0.3, 0.4) is 0 Å². The summed E-state index contributed by atoms with van der Waals surface area (Å²) in [5, 5.41) is 25.7. The largest absolute Gasteiger partial charge is 0.418 e. The van der Waals surface area contributed by atoms with Crippen molar-refractivity contribution >= 4 is 17.4 Å². The van der Waals surface area contributed by atoms with E-state index in [4.69, 9.17) is 10.5 Å². The first kappa shape index (κ1) is 20.6. The van der Waals surface area contributed by atoms with Gasteiger partial charge in [-0.05, 0) is 24.1 Å². The number of halogens is 3. The lowest BCUT2D eigenvalue weighted by atomic mass is 9.97. The minimum absolute atomic E-state index is 0.0617. The van der Waals surface area contributed by atoms with Gasteiger partial charge in [0.2, 0.25) is 0 Å². The molecule has 2 aromatic rings. The number of alkyl halides is 3. The number of nitrogens with two attached hydrogens (primary N) is 1. The highest BCUT2D eigenvalue weighted by Crippen LogP contribution is 2.33. The Morgan fingerprint density at radius 2 is 2.10 bits per heavy atom. The van der Waals surface area contributed by atoms with Crippen LogP contribution in [0.15, 0.2) is 30.5 Å². The van der Waals surface area contributed by atoms with Crippen LogP contribution in [0.2, 0.25) is 0 Å². The number of ether oxygens (including phenoxy) is 1. The van der Waals surface area contributed by atoms with E-state index < -0.39 is 24.2 Å². The fraction of sp³-hybridized carbons (Fsp3) is 0.389. The Morgan fingerprint density at radius 1 is 1.41 bits per heavy atom. The summed E-state index contributed by atoms with van der Waals surface area (Å²) in [7, 11) is 0. The Hall–Kier alpha value is -3.10. The standard InChI is InChI=1S/C18H18F3N5O3/c19-18(20,21)15(27)10-1-3-12(4-2-10)24-17-13(16(23)28)8-26(25-17)14-9-29-6-5-11(14)7-22/h1-4,8,11,14-15,27H,5-6,9H2,(H2,23,28)(H,24,25)/t11-,14+,15-/m0/s1. The van der Waals surface area contributed by atoms with E-state index in [0.717, 1.165) is 12.1 Å². The van der Waals surface area contributed by atoms with Crippen LogP contribution in [0.1, 0.15) is 34.5 Å². The Labute approximate surface area is 163 Å². The molecule has 0 aliphatic carbocycles. The second kappa shape index (κ2) is 8.10. The molecule has 1 amide bonds. The van der Waals surface area contributed by atoms with Crippen LogP contribution in [-0.4, -0.2) is 40.2 Å². The summed E-state index contributed by atoms with van der Waals surface area (Å²) >= 11 is 0. The number of nitrogens with one attached hydrogen (secondary N) is 1. The summed E-state index contributed by atoms with van der Waals surface area (Å²) in [6.45, 7) is 0.710. The van der Waals surface area contributed by atoms with Crippen molar-refractivity contribution in [1.29, 1.82) is 5.26 Å². The second-order valence-electron chi connectivity index (χ2n) is 6.59. The van der Waals surface area contributed by atoms with Crippen LogP contribution in [-0.2, 0) is 4.74 Å². The van der Waals surface area contributed by atoms with E-state index in [1.165, 1.54) is 23.0 Å². The fourth-order valence-electron chi connectivity index (χ4n) is 3.04. The molecule has 0 spiro atoms. The SMILES string of the molecule is N#C[C@@H]1CCOC[C@H]1n1cc(C(N)=O)c(Nc2ccc([C@H](O)C(F)(F)F)cc2)n1. The van der Waals surface area contributed by atoms with Crippen LogP contribution in [0, 0.1) is 17.2 Å². The molecular formula is C18H18F3N5O3. The third-order valence-electron chi connectivity index (χ3n) is 4.63. The molecule has 11 heteroatoms. The molecule has 3 atom stereocenters. The van der Waals surface area contributed by atoms with Crippen molar-refractivity contribution in [1.82, 2.24) is 9.78 Å². The van der Waals surface area contributed by atoms with Crippen molar-refractivity contribution in [2.24, 2.45) is 11.7 Å². The van der Waals surface area contributed by atoms with Gasteiger partial charge >= 0.3 is 6.18 Å². The number of aromatic nitrogens is 2. The molecule has 1 aliphatic heterocycles. The number of nitrogens with zero attached hydrogens (tertiary/aromatic N) is 3. The van der Waals surface area contributed by atoms with Crippen molar-refractivity contribution in [3.05, 3.63) is 41.6 Å². The van der Waals surface area contributed by atoms with Gasteiger partial charge in [-0.25, -0.2) is 0 Å². The Bertz CT molecular complexity index is 920. The molecule has 2 heterocycles. The zero-order valence-electron chi connectivity index (χ0n) is 15.1. The third kappa shape index (κ3) is 4.49. The van der Waals surface area contributed by atoms with Gasteiger partial charge in [-0.1, -0.05) is 12.1 Å².